The van der Waals surface area contributed by atoms with Crippen LogP contribution in [0, 0.1) is 10.1 Å². The van der Waals surface area contributed by atoms with Crippen molar-refractivity contribution in [1.29, 1.82) is 0 Å². The van der Waals surface area contributed by atoms with Gasteiger partial charge in [0, 0.05) is 23.7 Å². The van der Waals surface area contributed by atoms with Gasteiger partial charge < -0.3 is 5.32 Å². The van der Waals surface area contributed by atoms with Crippen molar-refractivity contribution in [3.8, 4) is 0 Å². The van der Waals surface area contributed by atoms with E-state index in [1.54, 1.807) is 12.1 Å². The Labute approximate surface area is 117 Å². The number of nitrogens with one attached hydrogen (secondary N) is 2. The summed E-state index contributed by atoms with van der Waals surface area (Å²) in [7, 11) is 0. The lowest BCUT2D eigenvalue weighted by Crippen LogP contribution is -2.31. The molecule has 6 nitrogen and oxygen atoms in total. The van der Waals surface area contributed by atoms with Crippen LogP contribution in [0.5, 0.6) is 0 Å². The summed E-state index contributed by atoms with van der Waals surface area (Å²) in [5, 5.41) is 18.1. The largest absolute Gasteiger partial charge is 0.362 e. The third-order valence-electron chi connectivity index (χ3n) is 2.40. The first-order valence-corrected chi connectivity index (χ1v) is 6.33. The first-order chi connectivity index (χ1) is 9.08. The standard InChI is InChI=1S/C12H16N4O2S/c1-3-10-6-5-9(7-11(10)16(17)18)8-14-15-12(19)13-4-2/h5-8H,3-4H2,1-2H3,(H2,13,15,19)/b14-8-. The van der Waals surface area contributed by atoms with Crippen LogP contribution in [0.1, 0.15) is 25.0 Å². The molecule has 1 rings (SSSR count). The van der Waals surface area contributed by atoms with Crippen LogP contribution >= 0.6 is 12.2 Å². The molecule has 0 atom stereocenters. The molecule has 2 N–H and O–H groups in total. The van der Waals surface area contributed by atoms with Crippen LogP contribution in [-0.2, 0) is 6.42 Å². The average Bonchev–Trinajstić information content (AvgIpc) is 2.38. The van der Waals surface area contributed by atoms with E-state index in [0.29, 0.717) is 29.2 Å². The third-order valence-corrected chi connectivity index (χ3v) is 2.64. The maximum absolute atomic E-state index is 10.9. The fourth-order valence-corrected chi connectivity index (χ4v) is 1.69. The van der Waals surface area contributed by atoms with Gasteiger partial charge in [0.25, 0.3) is 5.69 Å². The normalized spacial score (nSPS) is 10.4. The zero-order valence-corrected chi connectivity index (χ0v) is 11.7. The summed E-state index contributed by atoms with van der Waals surface area (Å²) in [5.41, 5.74) is 4.10. The van der Waals surface area contributed by atoms with E-state index in [4.69, 9.17) is 12.2 Å². The minimum atomic E-state index is -0.382. The van der Waals surface area contributed by atoms with Crippen molar-refractivity contribution in [2.75, 3.05) is 6.54 Å². The molecular weight excluding hydrogens is 264 g/mol. The molecule has 0 aliphatic rings. The van der Waals surface area contributed by atoms with Gasteiger partial charge >= 0.3 is 0 Å². The Morgan fingerprint density at radius 2 is 2.26 bits per heavy atom. The second-order valence-electron chi connectivity index (χ2n) is 3.73. The molecule has 102 valence electrons. The lowest BCUT2D eigenvalue weighted by Gasteiger charge is -2.03. The molecule has 0 aromatic heterocycles. The Morgan fingerprint density at radius 3 is 2.84 bits per heavy atom. The molecule has 7 heteroatoms. The SMILES string of the molecule is CCNC(=S)N/N=C\c1ccc(CC)c([N+](=O)[O-])c1. The summed E-state index contributed by atoms with van der Waals surface area (Å²) in [6.07, 6.45) is 2.12. The van der Waals surface area contributed by atoms with Crippen LogP contribution in [-0.4, -0.2) is 22.8 Å². The predicted molar refractivity (Wildman–Crippen MR) is 79.5 cm³/mol. The van der Waals surface area contributed by atoms with Crippen LogP contribution in [0.25, 0.3) is 0 Å². The Morgan fingerprint density at radius 1 is 1.53 bits per heavy atom. The molecule has 1 aromatic rings. The maximum atomic E-state index is 10.9. The van der Waals surface area contributed by atoms with E-state index >= 15 is 0 Å². The molecule has 0 unspecified atom stereocenters. The Balaban J connectivity index is 2.79. The molecule has 0 saturated heterocycles. The van der Waals surface area contributed by atoms with E-state index in [1.165, 1.54) is 12.3 Å². The number of aryl methyl sites for hydroxylation is 1. The van der Waals surface area contributed by atoms with Crippen molar-refractivity contribution in [3.63, 3.8) is 0 Å². The number of nitrogens with zero attached hydrogens (tertiary/aromatic N) is 2. The number of benzene rings is 1. The fraction of sp³-hybridized carbons (Fsp3) is 0.333. The van der Waals surface area contributed by atoms with Crippen LogP contribution in [0.3, 0.4) is 0 Å². The van der Waals surface area contributed by atoms with Crippen molar-refractivity contribution in [2.45, 2.75) is 20.3 Å². The zero-order valence-electron chi connectivity index (χ0n) is 10.8. The zero-order chi connectivity index (χ0) is 14.3. The lowest BCUT2D eigenvalue weighted by atomic mass is 10.1. The molecule has 0 spiro atoms. The molecule has 19 heavy (non-hydrogen) atoms. The number of nitro groups is 1. The van der Waals surface area contributed by atoms with Gasteiger partial charge in [0.15, 0.2) is 5.11 Å². The summed E-state index contributed by atoms with van der Waals surface area (Å²) in [5.74, 6) is 0. The number of thiocarbonyl (C=S) groups is 1. The molecule has 1 aromatic carbocycles. The molecule has 0 bridgehead atoms. The number of hydrogen-bond donors (Lipinski definition) is 2. The summed E-state index contributed by atoms with van der Waals surface area (Å²) >= 11 is 4.93. The molecule has 0 saturated carbocycles. The number of rotatable bonds is 5. The highest BCUT2D eigenvalue weighted by Crippen LogP contribution is 2.19. The summed E-state index contributed by atoms with van der Waals surface area (Å²) in [6.45, 7) is 4.51. The predicted octanol–water partition coefficient (Wildman–Crippen LogP) is 1.98. The van der Waals surface area contributed by atoms with Gasteiger partial charge in [0.2, 0.25) is 0 Å². The molecule has 0 radical (unpaired) electrons. The monoisotopic (exact) mass is 280 g/mol. The Kier molecular flexibility index (Phi) is 5.87. The average molecular weight is 280 g/mol. The minimum absolute atomic E-state index is 0.112. The Bertz CT molecular complexity index is 503. The quantitative estimate of drug-likeness (QED) is 0.373. The van der Waals surface area contributed by atoms with Gasteiger partial charge in [-0.2, -0.15) is 5.10 Å². The van der Waals surface area contributed by atoms with E-state index in [9.17, 15) is 10.1 Å². The Hall–Kier alpha value is -2.02. The van der Waals surface area contributed by atoms with Crippen molar-refractivity contribution in [3.05, 3.63) is 39.4 Å². The molecule has 0 fully saturated rings. The van der Waals surface area contributed by atoms with Crippen LogP contribution in [0.15, 0.2) is 23.3 Å². The van der Waals surface area contributed by atoms with Gasteiger partial charge in [-0.25, -0.2) is 0 Å². The third kappa shape index (κ3) is 4.63. The van der Waals surface area contributed by atoms with Crippen molar-refractivity contribution in [1.82, 2.24) is 10.7 Å². The lowest BCUT2D eigenvalue weighted by molar-refractivity contribution is -0.385. The number of hydrazone groups is 1. The first kappa shape index (κ1) is 15.0. The van der Waals surface area contributed by atoms with Crippen LogP contribution < -0.4 is 10.7 Å². The number of hydrogen-bond acceptors (Lipinski definition) is 4. The highest BCUT2D eigenvalue weighted by molar-refractivity contribution is 7.80. The van der Waals surface area contributed by atoms with E-state index in [-0.39, 0.29) is 10.6 Å². The molecule has 0 aliphatic carbocycles. The topological polar surface area (TPSA) is 79.6 Å². The summed E-state index contributed by atoms with van der Waals surface area (Å²) < 4.78 is 0. The second kappa shape index (κ2) is 7.42. The fourth-order valence-electron chi connectivity index (χ4n) is 1.50. The summed E-state index contributed by atoms with van der Waals surface area (Å²) in [4.78, 5) is 10.5. The second-order valence-corrected chi connectivity index (χ2v) is 4.14. The molecule has 0 aliphatic heterocycles. The van der Waals surface area contributed by atoms with Crippen molar-refractivity contribution in [2.24, 2.45) is 5.10 Å². The van der Waals surface area contributed by atoms with Crippen LogP contribution in [0.4, 0.5) is 5.69 Å². The number of nitro benzene ring substituents is 1. The highest BCUT2D eigenvalue weighted by atomic mass is 32.1. The van der Waals surface area contributed by atoms with Gasteiger partial charge in [0.1, 0.15) is 0 Å². The van der Waals surface area contributed by atoms with Gasteiger partial charge in [-0.3, -0.25) is 15.5 Å². The maximum Gasteiger partial charge on any atom is 0.273 e. The van der Waals surface area contributed by atoms with E-state index in [1.807, 2.05) is 13.8 Å². The highest BCUT2D eigenvalue weighted by Gasteiger charge is 2.12. The minimum Gasteiger partial charge on any atom is -0.362 e. The van der Waals surface area contributed by atoms with Crippen molar-refractivity contribution < 1.29 is 4.92 Å². The van der Waals surface area contributed by atoms with Crippen LogP contribution in [0.2, 0.25) is 0 Å². The first-order valence-electron chi connectivity index (χ1n) is 5.92. The molecular formula is C12H16N4O2S. The molecule has 0 amide bonds. The van der Waals surface area contributed by atoms with E-state index in [2.05, 4.69) is 15.8 Å². The molecule has 0 heterocycles. The van der Waals surface area contributed by atoms with Gasteiger partial charge in [-0.15, -0.1) is 0 Å². The van der Waals surface area contributed by atoms with E-state index < -0.39 is 0 Å². The summed E-state index contributed by atoms with van der Waals surface area (Å²) in [6, 6.07) is 5.02. The smallest absolute Gasteiger partial charge is 0.273 e. The van der Waals surface area contributed by atoms with Crippen molar-refractivity contribution >= 4 is 29.2 Å². The van der Waals surface area contributed by atoms with Gasteiger partial charge in [-0.1, -0.05) is 19.1 Å². The van der Waals surface area contributed by atoms with Gasteiger partial charge in [0.05, 0.1) is 11.1 Å². The van der Waals surface area contributed by atoms with E-state index in [0.717, 1.165) is 0 Å². The van der Waals surface area contributed by atoms with Gasteiger partial charge in [-0.05, 0) is 25.6 Å².